The van der Waals surface area contributed by atoms with E-state index in [2.05, 4.69) is 79.9 Å². The van der Waals surface area contributed by atoms with Crippen molar-refractivity contribution in [2.75, 3.05) is 6.61 Å². The summed E-state index contributed by atoms with van der Waals surface area (Å²) in [7, 11) is 0. The van der Waals surface area contributed by atoms with Crippen LogP contribution in [0.1, 0.15) is 219 Å². The van der Waals surface area contributed by atoms with Crippen LogP contribution in [0.3, 0.4) is 0 Å². The van der Waals surface area contributed by atoms with Crippen molar-refractivity contribution in [1.29, 1.82) is 0 Å². The number of nitrogens with one attached hydrogen (secondary N) is 1. The summed E-state index contributed by atoms with van der Waals surface area (Å²) in [6.45, 7) is 4.18. The fraction of sp³-hybridized carbons (Fsp3) is 0.740. The molecule has 4 nitrogen and oxygen atoms in total. The number of carbonyl (C=O) groups is 1. The monoisotopic (exact) mass is 752 g/mol. The Morgan fingerprint density at radius 2 is 0.833 bits per heavy atom. The van der Waals surface area contributed by atoms with E-state index in [-0.39, 0.29) is 12.5 Å². The molecule has 4 heteroatoms. The summed E-state index contributed by atoms with van der Waals surface area (Å²) in [5, 5.41) is 23.0. The number of unbranched alkanes of at least 4 members (excludes halogenated alkanes) is 24. The first-order chi connectivity index (χ1) is 26.7. The van der Waals surface area contributed by atoms with Crippen LogP contribution in [0.2, 0.25) is 0 Å². The van der Waals surface area contributed by atoms with E-state index in [4.69, 9.17) is 0 Å². The quantitative estimate of drug-likeness (QED) is 0.0430. The molecule has 0 aromatic heterocycles. The number of hydrogen-bond acceptors (Lipinski definition) is 3. The van der Waals surface area contributed by atoms with Gasteiger partial charge in [-0.05, 0) is 70.6 Å². The van der Waals surface area contributed by atoms with Gasteiger partial charge >= 0.3 is 0 Å². The second-order valence-corrected chi connectivity index (χ2v) is 15.4. The predicted molar refractivity (Wildman–Crippen MR) is 239 cm³/mol. The summed E-state index contributed by atoms with van der Waals surface area (Å²) < 4.78 is 0. The van der Waals surface area contributed by atoms with Gasteiger partial charge in [0.25, 0.3) is 0 Å². The van der Waals surface area contributed by atoms with Crippen molar-refractivity contribution >= 4 is 5.91 Å². The molecule has 0 bridgehead atoms. The molecule has 0 aromatic rings. The van der Waals surface area contributed by atoms with E-state index in [0.717, 1.165) is 70.6 Å². The highest BCUT2D eigenvalue weighted by Gasteiger charge is 2.17. The zero-order valence-electron chi connectivity index (χ0n) is 35.7. The van der Waals surface area contributed by atoms with Gasteiger partial charge < -0.3 is 15.5 Å². The maximum absolute atomic E-state index is 12.4. The van der Waals surface area contributed by atoms with E-state index in [1.54, 1.807) is 6.08 Å². The lowest BCUT2D eigenvalue weighted by molar-refractivity contribution is -0.123. The summed E-state index contributed by atoms with van der Waals surface area (Å²) in [4.78, 5) is 12.4. The molecule has 1 amide bonds. The van der Waals surface area contributed by atoms with E-state index in [1.807, 2.05) is 6.08 Å². The summed E-state index contributed by atoms with van der Waals surface area (Å²) >= 11 is 0. The third-order valence-electron chi connectivity index (χ3n) is 10.2. The molecule has 0 aromatic carbocycles. The molecular weight excluding hydrogens is 663 g/mol. The lowest BCUT2D eigenvalue weighted by atomic mass is 10.0. The Bertz CT molecular complexity index is 946. The number of carbonyl (C=O) groups excluding carboxylic acids is 1. The van der Waals surface area contributed by atoms with Gasteiger partial charge in [-0.25, -0.2) is 0 Å². The highest BCUT2D eigenvalue weighted by atomic mass is 16.3. The first-order valence-electron chi connectivity index (χ1n) is 23.2. The highest BCUT2D eigenvalue weighted by Crippen LogP contribution is 2.15. The summed E-state index contributed by atoms with van der Waals surface area (Å²) in [5.41, 5.74) is 0. The molecule has 0 aliphatic heterocycles. The molecular formula is C50H89NO3. The number of rotatable bonds is 41. The third-order valence-corrected chi connectivity index (χ3v) is 10.2. The van der Waals surface area contributed by atoms with Crippen LogP contribution in [0.4, 0.5) is 0 Å². The van der Waals surface area contributed by atoms with Crippen molar-refractivity contribution in [2.45, 2.75) is 231 Å². The average Bonchev–Trinajstić information content (AvgIpc) is 3.18. The van der Waals surface area contributed by atoms with E-state index in [1.165, 1.54) is 128 Å². The fourth-order valence-electron chi connectivity index (χ4n) is 6.66. The summed E-state index contributed by atoms with van der Waals surface area (Å²) in [6.07, 6.45) is 64.5. The molecule has 0 radical (unpaired) electrons. The number of aliphatic hydroxyl groups is 2. The predicted octanol–water partition coefficient (Wildman–Crippen LogP) is 14.7. The van der Waals surface area contributed by atoms with Crippen LogP contribution in [0.25, 0.3) is 0 Å². The van der Waals surface area contributed by atoms with Gasteiger partial charge in [0, 0.05) is 6.42 Å². The van der Waals surface area contributed by atoms with Gasteiger partial charge in [0.2, 0.25) is 5.91 Å². The summed E-state index contributed by atoms with van der Waals surface area (Å²) in [5.74, 6) is -0.0897. The molecule has 0 rings (SSSR count). The molecule has 312 valence electrons. The van der Waals surface area contributed by atoms with Crippen molar-refractivity contribution < 1.29 is 15.0 Å². The van der Waals surface area contributed by atoms with Crippen LogP contribution in [-0.2, 0) is 4.79 Å². The highest BCUT2D eigenvalue weighted by molar-refractivity contribution is 5.76. The largest absolute Gasteiger partial charge is 0.394 e. The molecule has 0 fully saturated rings. The van der Waals surface area contributed by atoms with Gasteiger partial charge in [-0.2, -0.15) is 0 Å². The smallest absolute Gasteiger partial charge is 0.220 e. The molecule has 0 aliphatic rings. The minimum absolute atomic E-state index is 0.0897. The van der Waals surface area contributed by atoms with Crippen molar-refractivity contribution in [2.24, 2.45) is 0 Å². The Morgan fingerprint density at radius 1 is 0.463 bits per heavy atom. The van der Waals surface area contributed by atoms with Crippen molar-refractivity contribution in [3.63, 3.8) is 0 Å². The van der Waals surface area contributed by atoms with E-state index >= 15 is 0 Å². The minimum atomic E-state index is -0.872. The van der Waals surface area contributed by atoms with Crippen LogP contribution in [0.5, 0.6) is 0 Å². The van der Waals surface area contributed by atoms with Crippen LogP contribution in [0, 0.1) is 0 Å². The molecule has 0 heterocycles. The molecule has 0 saturated carbocycles. The number of amides is 1. The van der Waals surface area contributed by atoms with Gasteiger partial charge in [-0.3, -0.25) is 4.79 Å². The zero-order chi connectivity index (χ0) is 39.3. The van der Waals surface area contributed by atoms with Gasteiger partial charge in [-0.1, -0.05) is 215 Å². The van der Waals surface area contributed by atoms with Gasteiger partial charge in [0.15, 0.2) is 0 Å². The normalized spacial score (nSPS) is 13.6. The summed E-state index contributed by atoms with van der Waals surface area (Å²) in [6, 6.07) is -0.651. The third kappa shape index (κ3) is 41.0. The molecule has 3 N–H and O–H groups in total. The van der Waals surface area contributed by atoms with E-state index in [9.17, 15) is 15.0 Å². The Kier molecular flexibility index (Phi) is 43.4. The standard InChI is InChI=1S/C50H89NO3/c1-3-5-7-9-11-13-15-17-19-21-23-24-25-26-28-29-31-33-35-37-39-41-43-45-49(53)48(47-52)51-50(54)46-44-42-40-38-36-34-32-30-27-22-20-18-16-14-12-10-8-6-4-2/h6,8,12,14,18,20,27,30,35,37,43,45,48-49,52-53H,3-5,7,9-11,13,15-17,19,21-26,28-29,31-34,36,38-42,44,46-47H2,1-2H3,(H,51,54)/b8-6-,14-12-,20-18-,30-27-,37-35+,45-43+. The molecule has 2 atom stereocenters. The van der Waals surface area contributed by atoms with Crippen molar-refractivity contribution in [3.8, 4) is 0 Å². The Labute approximate surface area is 336 Å². The molecule has 2 unspecified atom stereocenters. The molecule has 0 aliphatic carbocycles. The van der Waals surface area contributed by atoms with Crippen molar-refractivity contribution in [3.05, 3.63) is 72.9 Å². The SMILES string of the molecule is CC/C=C\C/C=C\C/C=C\C/C=C\CCCCCCCCC(=O)NC(CO)C(O)/C=C/CC/C=C/CCCCCCCCCCCCCCCCCCC. The lowest BCUT2D eigenvalue weighted by Crippen LogP contribution is -2.45. The Balaban J connectivity index is 3.64. The minimum Gasteiger partial charge on any atom is -0.394 e. The first-order valence-corrected chi connectivity index (χ1v) is 23.2. The van der Waals surface area contributed by atoms with Gasteiger partial charge in [0.05, 0.1) is 18.8 Å². The molecule has 0 spiro atoms. The fourth-order valence-corrected chi connectivity index (χ4v) is 6.66. The zero-order valence-corrected chi connectivity index (χ0v) is 35.7. The lowest BCUT2D eigenvalue weighted by Gasteiger charge is -2.19. The number of aliphatic hydroxyl groups excluding tert-OH is 2. The molecule has 54 heavy (non-hydrogen) atoms. The van der Waals surface area contributed by atoms with Crippen LogP contribution in [0.15, 0.2) is 72.9 Å². The number of allylic oxidation sites excluding steroid dienone is 11. The van der Waals surface area contributed by atoms with Gasteiger partial charge in [0.1, 0.15) is 0 Å². The Morgan fingerprint density at radius 3 is 1.30 bits per heavy atom. The van der Waals surface area contributed by atoms with Crippen LogP contribution < -0.4 is 5.32 Å². The van der Waals surface area contributed by atoms with Crippen LogP contribution in [-0.4, -0.2) is 34.9 Å². The van der Waals surface area contributed by atoms with E-state index < -0.39 is 12.1 Å². The topological polar surface area (TPSA) is 69.6 Å². The second kappa shape index (κ2) is 45.2. The van der Waals surface area contributed by atoms with Crippen molar-refractivity contribution in [1.82, 2.24) is 5.32 Å². The maximum Gasteiger partial charge on any atom is 0.220 e. The number of hydrogen-bond donors (Lipinski definition) is 3. The second-order valence-electron chi connectivity index (χ2n) is 15.4. The van der Waals surface area contributed by atoms with E-state index in [0.29, 0.717) is 6.42 Å². The van der Waals surface area contributed by atoms with Gasteiger partial charge in [-0.15, -0.1) is 0 Å². The maximum atomic E-state index is 12.4. The average molecular weight is 752 g/mol. The molecule has 0 saturated heterocycles. The Hall–Kier alpha value is -2.17. The van der Waals surface area contributed by atoms with Crippen LogP contribution >= 0.6 is 0 Å². The first kappa shape index (κ1) is 51.8.